The second kappa shape index (κ2) is 4.96. The number of aryl methyl sites for hydroxylation is 1. The number of carbonyl (C=O) groups is 1. The summed E-state index contributed by atoms with van der Waals surface area (Å²) in [4.78, 5) is 12.6. The maximum atomic E-state index is 13.6. The van der Waals surface area contributed by atoms with Gasteiger partial charge in [-0.1, -0.05) is 42.5 Å². The van der Waals surface area contributed by atoms with E-state index >= 15 is 0 Å². The Bertz CT molecular complexity index is 600. The van der Waals surface area contributed by atoms with Crippen molar-refractivity contribution in [3.05, 3.63) is 71.0 Å². The van der Waals surface area contributed by atoms with Crippen LogP contribution in [0.25, 0.3) is 0 Å². The highest BCUT2D eigenvalue weighted by Gasteiger charge is 2.30. The van der Waals surface area contributed by atoms with Crippen LogP contribution in [0.5, 0.6) is 0 Å². The van der Waals surface area contributed by atoms with Gasteiger partial charge in [0, 0.05) is 5.56 Å². The number of Topliss-reactive ketones (excluding diaryl/α,β-unsaturated/α-hetero) is 1. The number of hydrogen-bond donors (Lipinski definition) is 0. The van der Waals surface area contributed by atoms with E-state index in [2.05, 4.69) is 0 Å². The Hall–Kier alpha value is -1.96. The summed E-state index contributed by atoms with van der Waals surface area (Å²) >= 11 is 0. The molecule has 98 valence electrons. The highest BCUT2D eigenvalue weighted by atomic mass is 19.1. The molecular formula is C17H17FO. The molecular weight excluding hydrogens is 239 g/mol. The molecule has 0 bridgehead atoms. The van der Waals surface area contributed by atoms with Gasteiger partial charge >= 0.3 is 0 Å². The lowest BCUT2D eigenvalue weighted by atomic mass is 9.78. The standard InChI is InChI=1S/C17H17FO/c1-12-9-10-13(11-15(12)18)16(19)17(2,3)14-7-5-4-6-8-14/h4-11H,1-3H3. The van der Waals surface area contributed by atoms with Gasteiger partial charge in [0.25, 0.3) is 0 Å². The fraction of sp³-hybridized carbons (Fsp3) is 0.235. The van der Waals surface area contributed by atoms with Gasteiger partial charge < -0.3 is 0 Å². The Balaban J connectivity index is 2.40. The van der Waals surface area contributed by atoms with Gasteiger partial charge in [0.15, 0.2) is 5.78 Å². The Morgan fingerprint density at radius 2 is 1.68 bits per heavy atom. The number of carbonyl (C=O) groups excluding carboxylic acids is 1. The molecule has 0 spiro atoms. The number of halogens is 1. The highest BCUT2D eigenvalue weighted by Crippen LogP contribution is 2.28. The first-order valence-electron chi connectivity index (χ1n) is 6.29. The Labute approximate surface area is 113 Å². The molecule has 0 amide bonds. The molecule has 0 saturated carbocycles. The quantitative estimate of drug-likeness (QED) is 0.748. The van der Waals surface area contributed by atoms with Gasteiger partial charge in [0.2, 0.25) is 0 Å². The minimum absolute atomic E-state index is 0.0717. The zero-order valence-corrected chi connectivity index (χ0v) is 11.4. The van der Waals surface area contributed by atoms with Crippen LogP contribution in [0.1, 0.15) is 35.3 Å². The van der Waals surface area contributed by atoms with E-state index in [4.69, 9.17) is 0 Å². The number of rotatable bonds is 3. The molecule has 2 aromatic carbocycles. The molecule has 1 nitrogen and oxygen atoms in total. The van der Waals surface area contributed by atoms with E-state index in [1.807, 2.05) is 44.2 Å². The average molecular weight is 256 g/mol. The molecule has 2 heteroatoms. The molecule has 0 aromatic heterocycles. The summed E-state index contributed by atoms with van der Waals surface area (Å²) in [5, 5.41) is 0. The fourth-order valence-electron chi connectivity index (χ4n) is 2.08. The Morgan fingerprint density at radius 3 is 2.26 bits per heavy atom. The van der Waals surface area contributed by atoms with E-state index in [0.29, 0.717) is 11.1 Å². The van der Waals surface area contributed by atoms with E-state index in [1.165, 1.54) is 6.07 Å². The lowest BCUT2D eigenvalue weighted by Gasteiger charge is -2.24. The topological polar surface area (TPSA) is 17.1 Å². The smallest absolute Gasteiger partial charge is 0.172 e. The van der Waals surface area contributed by atoms with E-state index < -0.39 is 5.41 Å². The lowest BCUT2D eigenvalue weighted by Crippen LogP contribution is -2.29. The molecule has 0 saturated heterocycles. The van der Waals surface area contributed by atoms with Crippen molar-refractivity contribution in [1.29, 1.82) is 0 Å². The van der Waals surface area contributed by atoms with Crippen molar-refractivity contribution >= 4 is 5.78 Å². The van der Waals surface area contributed by atoms with Gasteiger partial charge in [-0.2, -0.15) is 0 Å². The summed E-state index contributed by atoms with van der Waals surface area (Å²) < 4.78 is 13.6. The summed E-state index contributed by atoms with van der Waals surface area (Å²) in [6, 6.07) is 14.2. The fourth-order valence-corrected chi connectivity index (χ4v) is 2.08. The number of ketones is 1. The van der Waals surface area contributed by atoms with Crippen LogP contribution in [0.2, 0.25) is 0 Å². The van der Waals surface area contributed by atoms with Crippen LogP contribution in [0.4, 0.5) is 4.39 Å². The summed E-state index contributed by atoms with van der Waals surface area (Å²) in [6.45, 7) is 5.41. The lowest BCUT2D eigenvalue weighted by molar-refractivity contribution is 0.0908. The van der Waals surface area contributed by atoms with Crippen LogP contribution in [-0.4, -0.2) is 5.78 Å². The molecule has 0 aliphatic carbocycles. The molecule has 0 radical (unpaired) electrons. The third kappa shape index (κ3) is 2.58. The van der Waals surface area contributed by atoms with Crippen molar-refractivity contribution in [3.8, 4) is 0 Å². The molecule has 0 heterocycles. The van der Waals surface area contributed by atoms with Gasteiger partial charge in [-0.15, -0.1) is 0 Å². The summed E-state index contributed by atoms with van der Waals surface area (Å²) in [5.74, 6) is -0.410. The van der Waals surface area contributed by atoms with Gasteiger partial charge in [0.1, 0.15) is 5.82 Å². The van der Waals surface area contributed by atoms with Crippen molar-refractivity contribution in [2.75, 3.05) is 0 Å². The zero-order valence-electron chi connectivity index (χ0n) is 11.4. The third-order valence-corrected chi connectivity index (χ3v) is 3.50. The molecule has 0 unspecified atom stereocenters. The first-order valence-corrected chi connectivity index (χ1v) is 6.29. The van der Waals surface area contributed by atoms with E-state index in [0.717, 1.165) is 5.56 Å². The van der Waals surface area contributed by atoms with E-state index in [1.54, 1.807) is 19.1 Å². The normalized spacial score (nSPS) is 11.4. The van der Waals surface area contributed by atoms with Crippen LogP contribution in [0, 0.1) is 12.7 Å². The van der Waals surface area contributed by atoms with Gasteiger partial charge in [0.05, 0.1) is 5.41 Å². The highest BCUT2D eigenvalue weighted by molar-refractivity contribution is 6.03. The molecule has 0 N–H and O–H groups in total. The van der Waals surface area contributed by atoms with Crippen molar-refractivity contribution in [1.82, 2.24) is 0 Å². The first-order chi connectivity index (χ1) is 8.93. The van der Waals surface area contributed by atoms with Gasteiger partial charge in [-0.3, -0.25) is 4.79 Å². The van der Waals surface area contributed by atoms with Crippen LogP contribution in [0.15, 0.2) is 48.5 Å². The molecule has 0 aliphatic rings. The summed E-state index contributed by atoms with van der Waals surface area (Å²) in [7, 11) is 0. The zero-order chi connectivity index (χ0) is 14.0. The predicted molar refractivity (Wildman–Crippen MR) is 74.9 cm³/mol. The Kier molecular flexibility index (Phi) is 3.52. The second-order valence-corrected chi connectivity index (χ2v) is 5.28. The van der Waals surface area contributed by atoms with Gasteiger partial charge in [-0.05, 0) is 38.0 Å². The minimum atomic E-state index is -0.664. The van der Waals surface area contributed by atoms with Crippen molar-refractivity contribution in [3.63, 3.8) is 0 Å². The SMILES string of the molecule is Cc1ccc(C(=O)C(C)(C)c2ccccc2)cc1F. The van der Waals surface area contributed by atoms with Gasteiger partial charge in [-0.25, -0.2) is 4.39 Å². The number of benzene rings is 2. The maximum absolute atomic E-state index is 13.6. The number of hydrogen-bond acceptors (Lipinski definition) is 1. The summed E-state index contributed by atoms with van der Waals surface area (Å²) in [6.07, 6.45) is 0. The minimum Gasteiger partial charge on any atom is -0.293 e. The second-order valence-electron chi connectivity index (χ2n) is 5.28. The molecule has 0 atom stereocenters. The van der Waals surface area contributed by atoms with E-state index in [-0.39, 0.29) is 11.6 Å². The van der Waals surface area contributed by atoms with Crippen molar-refractivity contribution < 1.29 is 9.18 Å². The Morgan fingerprint density at radius 1 is 1.05 bits per heavy atom. The molecule has 2 aromatic rings. The molecule has 0 fully saturated rings. The largest absolute Gasteiger partial charge is 0.293 e. The van der Waals surface area contributed by atoms with Crippen LogP contribution in [0.3, 0.4) is 0 Å². The van der Waals surface area contributed by atoms with Crippen LogP contribution in [-0.2, 0) is 5.41 Å². The molecule has 19 heavy (non-hydrogen) atoms. The van der Waals surface area contributed by atoms with Crippen molar-refractivity contribution in [2.24, 2.45) is 0 Å². The van der Waals surface area contributed by atoms with E-state index in [9.17, 15) is 9.18 Å². The monoisotopic (exact) mass is 256 g/mol. The third-order valence-electron chi connectivity index (χ3n) is 3.50. The first kappa shape index (κ1) is 13.5. The maximum Gasteiger partial charge on any atom is 0.172 e. The summed E-state index contributed by atoms with van der Waals surface area (Å²) in [5.41, 5.74) is 1.23. The molecule has 0 aliphatic heterocycles. The predicted octanol–water partition coefficient (Wildman–Crippen LogP) is 4.29. The van der Waals surface area contributed by atoms with Crippen LogP contribution >= 0.6 is 0 Å². The van der Waals surface area contributed by atoms with Crippen LogP contribution < -0.4 is 0 Å². The van der Waals surface area contributed by atoms with Crippen molar-refractivity contribution in [2.45, 2.75) is 26.2 Å². The average Bonchev–Trinajstić information content (AvgIpc) is 2.42. The molecule has 2 rings (SSSR count).